The van der Waals surface area contributed by atoms with E-state index in [4.69, 9.17) is 9.40 Å². The van der Waals surface area contributed by atoms with Gasteiger partial charge in [-0.05, 0) is 81.9 Å². The molecule has 5 nitrogen and oxygen atoms in total. The van der Waals surface area contributed by atoms with Crippen LogP contribution in [0.4, 0.5) is 0 Å². The zero-order chi connectivity index (χ0) is 46.6. The number of pyridine rings is 1. The van der Waals surface area contributed by atoms with Crippen molar-refractivity contribution in [3.63, 3.8) is 0 Å². The van der Waals surface area contributed by atoms with Gasteiger partial charge in [0, 0.05) is 59.5 Å². The molecule has 343 valence electrons. The van der Waals surface area contributed by atoms with Crippen molar-refractivity contribution in [1.29, 1.82) is 0 Å². The van der Waals surface area contributed by atoms with Gasteiger partial charge >= 0.3 is 0 Å². The topological polar surface area (TPSA) is 48.8 Å². The Hall–Kier alpha value is -6.37. The Balaban J connectivity index is 0.000000232. The monoisotopic (exact) mass is 1080 g/mol. The van der Waals surface area contributed by atoms with Gasteiger partial charge in [-0.3, -0.25) is 4.98 Å². The first-order valence-corrected chi connectivity index (χ1v) is 27.3. The van der Waals surface area contributed by atoms with Gasteiger partial charge in [-0.15, -0.1) is 48.0 Å². The van der Waals surface area contributed by atoms with E-state index in [9.17, 15) is 0 Å². The van der Waals surface area contributed by atoms with Crippen LogP contribution in [0.5, 0.6) is 0 Å². The molecule has 0 aliphatic carbocycles. The third-order valence-corrected chi connectivity index (χ3v) is 15.1. The summed E-state index contributed by atoms with van der Waals surface area (Å²) in [5, 5.41) is 5.99. The van der Waals surface area contributed by atoms with Crippen molar-refractivity contribution >= 4 is 68.0 Å². The fourth-order valence-electron chi connectivity index (χ4n) is 9.95. The van der Waals surface area contributed by atoms with E-state index in [1.165, 1.54) is 38.3 Å². The van der Waals surface area contributed by atoms with Crippen LogP contribution in [0.1, 0.15) is 70.1 Å². The zero-order valence-corrected chi connectivity index (χ0v) is 43.9. The summed E-state index contributed by atoms with van der Waals surface area (Å²) in [6.07, 6.45) is 3.24. The van der Waals surface area contributed by atoms with E-state index in [-0.39, 0.29) is 20.1 Å². The van der Waals surface area contributed by atoms with Crippen LogP contribution in [0.2, 0.25) is 19.6 Å². The van der Waals surface area contributed by atoms with E-state index in [2.05, 4.69) is 221 Å². The fraction of sp³-hybridized carbons (Fsp3) is 0.213. The standard InChI is InChI=1S/C43H34N3O.C18H24NSi.Ir/c1-26(2)28-17-13-18-29(27(3)4)41(28)46-37-22-11-8-19-34(37)44-43(46)33-24-25-38(42-40(33)32-16-7-12-23-39(32)47-42)45-35-20-9-5-14-30(35)31-15-6-10-21-36(31)45;1-14(2)11-16-12-17(15-9-7-6-8-10-15)19-13-18(16)20(3,4)5;/h5-23,25-27H,1-4H3;6-9,12-14H,11H2,1-5H3;/q2*-1;. The summed E-state index contributed by atoms with van der Waals surface area (Å²) < 4.78 is 11.5. The SMILES string of the molecule is CC(C)Cc1cc(-c2[c-]cccc2)ncc1[Si](C)(C)C.CC(C)c1cccc(C(C)C)c1-n1c(-c2[c-]cc(-n3c4ccccc4c4ccccc43)c3oc4ccccc4c23)nc2ccccc21.[Ir]. The van der Waals surface area contributed by atoms with Gasteiger partial charge in [0.15, 0.2) is 0 Å². The van der Waals surface area contributed by atoms with Crippen LogP contribution in [-0.2, 0) is 26.5 Å². The second-order valence-electron chi connectivity index (χ2n) is 19.9. The van der Waals surface area contributed by atoms with Crippen LogP contribution < -0.4 is 5.19 Å². The largest absolute Gasteiger partial charge is 0.474 e. The van der Waals surface area contributed by atoms with Crippen molar-refractivity contribution < 1.29 is 24.5 Å². The summed E-state index contributed by atoms with van der Waals surface area (Å²) in [6, 6.07) is 60.2. The van der Waals surface area contributed by atoms with Gasteiger partial charge in [-0.1, -0.05) is 169 Å². The zero-order valence-electron chi connectivity index (χ0n) is 40.5. The molecule has 11 aromatic rings. The molecule has 0 aliphatic heterocycles. The molecule has 68 heavy (non-hydrogen) atoms. The fourth-order valence-corrected chi connectivity index (χ4v) is 11.5. The summed E-state index contributed by atoms with van der Waals surface area (Å²) in [7, 11) is -1.34. The number of nitrogens with zero attached hydrogens (tertiary/aromatic N) is 4. The number of hydrogen-bond donors (Lipinski definition) is 0. The van der Waals surface area contributed by atoms with Gasteiger partial charge in [0.1, 0.15) is 5.58 Å². The Labute approximate surface area is 415 Å². The molecule has 0 aliphatic rings. The first-order valence-electron chi connectivity index (χ1n) is 23.8. The van der Waals surface area contributed by atoms with Crippen LogP contribution in [0.15, 0.2) is 162 Å². The van der Waals surface area contributed by atoms with Crippen molar-refractivity contribution in [3.8, 4) is 34.0 Å². The number of rotatable bonds is 9. The Morgan fingerprint density at radius 1 is 0.632 bits per heavy atom. The number of hydrogen-bond acceptors (Lipinski definition) is 3. The third-order valence-electron chi connectivity index (χ3n) is 13.0. The number of para-hydroxylation sites is 6. The number of benzene rings is 7. The second kappa shape index (κ2) is 19.0. The molecule has 0 saturated heterocycles. The van der Waals surface area contributed by atoms with Crippen molar-refractivity contribution in [1.82, 2.24) is 19.1 Å². The van der Waals surface area contributed by atoms with E-state index in [0.717, 1.165) is 78.8 Å². The minimum absolute atomic E-state index is 0. The van der Waals surface area contributed by atoms with Crippen LogP contribution in [0.25, 0.3) is 88.8 Å². The molecule has 0 fully saturated rings. The van der Waals surface area contributed by atoms with Gasteiger partial charge in [-0.2, -0.15) is 0 Å². The van der Waals surface area contributed by atoms with Gasteiger partial charge < -0.3 is 18.5 Å². The molecular weight excluding hydrogens is 1030 g/mol. The molecular formula is C61H58IrN4OSi-2. The van der Waals surface area contributed by atoms with Crippen molar-refractivity contribution in [3.05, 3.63) is 187 Å². The van der Waals surface area contributed by atoms with Crippen LogP contribution in [0.3, 0.4) is 0 Å². The number of aromatic nitrogens is 4. The first-order chi connectivity index (χ1) is 32.4. The van der Waals surface area contributed by atoms with Crippen LogP contribution >= 0.6 is 0 Å². The van der Waals surface area contributed by atoms with E-state index in [1.54, 1.807) is 0 Å². The van der Waals surface area contributed by atoms with Crippen molar-refractivity contribution in [2.45, 2.75) is 79.4 Å². The molecule has 11 rings (SSSR count). The van der Waals surface area contributed by atoms with Gasteiger partial charge in [0.25, 0.3) is 0 Å². The molecule has 0 saturated carbocycles. The molecule has 0 atom stereocenters. The Kier molecular flexibility index (Phi) is 13.0. The molecule has 7 heteroatoms. The van der Waals surface area contributed by atoms with Crippen LogP contribution in [0, 0.1) is 18.1 Å². The maximum Gasteiger partial charge on any atom is 0.123 e. The Morgan fingerprint density at radius 2 is 1.24 bits per heavy atom. The molecule has 0 spiro atoms. The Bertz CT molecular complexity index is 3510. The molecule has 4 aromatic heterocycles. The van der Waals surface area contributed by atoms with Crippen molar-refractivity contribution in [2.75, 3.05) is 0 Å². The maximum absolute atomic E-state index is 6.83. The average Bonchev–Trinajstić information content (AvgIpc) is 4.01. The molecule has 0 unspecified atom stereocenters. The average molecular weight is 1080 g/mol. The first kappa shape index (κ1) is 46.7. The smallest absolute Gasteiger partial charge is 0.123 e. The third kappa shape index (κ3) is 8.46. The minimum atomic E-state index is -1.34. The molecule has 1 radical (unpaired) electrons. The predicted octanol–water partition coefficient (Wildman–Crippen LogP) is 16.0. The predicted molar refractivity (Wildman–Crippen MR) is 285 cm³/mol. The number of fused-ring (bicyclic) bond motifs is 7. The number of imidazole rings is 1. The summed E-state index contributed by atoms with van der Waals surface area (Å²) in [5.74, 6) is 2.19. The summed E-state index contributed by atoms with van der Waals surface area (Å²) in [6.45, 7) is 20.8. The number of furan rings is 1. The van der Waals surface area contributed by atoms with Gasteiger partial charge in [-0.25, -0.2) is 0 Å². The van der Waals surface area contributed by atoms with Crippen molar-refractivity contribution in [2.24, 2.45) is 5.92 Å². The molecule has 0 bridgehead atoms. The van der Waals surface area contributed by atoms with E-state index >= 15 is 0 Å². The second-order valence-corrected chi connectivity index (χ2v) is 25.0. The minimum Gasteiger partial charge on any atom is -0.474 e. The maximum atomic E-state index is 6.83. The molecule has 4 heterocycles. The normalized spacial score (nSPS) is 11.9. The molecule has 0 N–H and O–H groups in total. The van der Waals surface area contributed by atoms with E-state index in [0.29, 0.717) is 17.8 Å². The summed E-state index contributed by atoms with van der Waals surface area (Å²) in [5.41, 5.74) is 15.3. The Morgan fingerprint density at radius 3 is 1.85 bits per heavy atom. The summed E-state index contributed by atoms with van der Waals surface area (Å²) in [4.78, 5) is 10.1. The van der Waals surface area contributed by atoms with Gasteiger partial charge in [0.2, 0.25) is 0 Å². The molecule has 0 amide bonds. The summed E-state index contributed by atoms with van der Waals surface area (Å²) >= 11 is 0. The van der Waals surface area contributed by atoms with E-state index in [1.807, 2.05) is 24.3 Å². The van der Waals surface area contributed by atoms with E-state index < -0.39 is 8.07 Å². The molecule has 7 aromatic carbocycles. The van der Waals surface area contributed by atoms with Crippen LogP contribution in [-0.4, -0.2) is 27.2 Å². The quantitative estimate of drug-likeness (QED) is 0.107. The van der Waals surface area contributed by atoms with Gasteiger partial charge in [0.05, 0.1) is 30.5 Å².